The molecule has 0 rings (SSSR count). The number of alkyl carbamates (subject to hydrolysis) is 1. The van der Waals surface area contributed by atoms with E-state index in [4.69, 9.17) is 9.47 Å². The molecular formula is C22H41NO4. The predicted molar refractivity (Wildman–Crippen MR) is 111 cm³/mol. The van der Waals surface area contributed by atoms with Crippen LogP contribution in [0.25, 0.3) is 0 Å². The van der Waals surface area contributed by atoms with Crippen molar-refractivity contribution in [1.82, 2.24) is 5.32 Å². The molecule has 0 fully saturated rings. The second-order valence-corrected chi connectivity index (χ2v) is 8.04. The molecular weight excluding hydrogens is 342 g/mol. The van der Waals surface area contributed by atoms with Gasteiger partial charge < -0.3 is 14.8 Å². The van der Waals surface area contributed by atoms with E-state index in [1.807, 2.05) is 33.8 Å². The Morgan fingerprint density at radius 3 is 2.04 bits per heavy atom. The van der Waals surface area contributed by atoms with Gasteiger partial charge in [-0.25, -0.2) is 9.59 Å². The summed E-state index contributed by atoms with van der Waals surface area (Å²) in [5.41, 5.74) is 0. The van der Waals surface area contributed by atoms with Gasteiger partial charge in [0.15, 0.2) is 0 Å². The summed E-state index contributed by atoms with van der Waals surface area (Å²) in [5.74, 6) is 0.164. The Labute approximate surface area is 166 Å². The molecule has 0 radical (unpaired) electrons. The summed E-state index contributed by atoms with van der Waals surface area (Å²) >= 11 is 0. The lowest BCUT2D eigenvalue weighted by atomic mass is 10.0. The second-order valence-electron chi connectivity index (χ2n) is 8.04. The van der Waals surface area contributed by atoms with Crippen LogP contribution in [0.1, 0.15) is 85.5 Å². The maximum absolute atomic E-state index is 12.3. The van der Waals surface area contributed by atoms with Gasteiger partial charge in [-0.15, -0.1) is 6.58 Å². The van der Waals surface area contributed by atoms with Crippen LogP contribution in [0.5, 0.6) is 0 Å². The first-order chi connectivity index (χ1) is 12.9. The predicted octanol–water partition coefficient (Wildman–Crippen LogP) is 5.63. The monoisotopic (exact) mass is 383 g/mol. The van der Waals surface area contributed by atoms with E-state index in [1.54, 1.807) is 0 Å². The first kappa shape index (κ1) is 25.5. The Morgan fingerprint density at radius 1 is 0.889 bits per heavy atom. The van der Waals surface area contributed by atoms with E-state index >= 15 is 0 Å². The third-order valence-electron chi connectivity index (χ3n) is 4.13. The van der Waals surface area contributed by atoms with Gasteiger partial charge in [-0.1, -0.05) is 65.9 Å². The van der Waals surface area contributed by atoms with Gasteiger partial charge in [-0.2, -0.15) is 0 Å². The number of carbonyl (C=O) groups is 2. The molecule has 0 bridgehead atoms. The molecule has 0 saturated heterocycles. The number of esters is 1. The minimum Gasteiger partial charge on any atom is -0.464 e. The normalized spacial score (nSPS) is 12.1. The van der Waals surface area contributed by atoms with Gasteiger partial charge in [-0.3, -0.25) is 0 Å². The minimum absolute atomic E-state index is 0.258. The molecule has 27 heavy (non-hydrogen) atoms. The van der Waals surface area contributed by atoms with Crippen molar-refractivity contribution < 1.29 is 19.1 Å². The Balaban J connectivity index is 3.98. The van der Waals surface area contributed by atoms with Crippen LogP contribution in [-0.4, -0.2) is 31.3 Å². The number of ether oxygens (including phenoxy) is 2. The molecule has 0 spiro atoms. The maximum Gasteiger partial charge on any atom is 0.407 e. The molecule has 5 nitrogen and oxygen atoms in total. The smallest absolute Gasteiger partial charge is 0.407 e. The first-order valence-corrected chi connectivity index (χ1v) is 10.6. The van der Waals surface area contributed by atoms with E-state index < -0.39 is 12.1 Å². The summed E-state index contributed by atoms with van der Waals surface area (Å²) in [6.45, 7) is 12.4. The molecule has 0 saturated carbocycles. The fourth-order valence-electron chi connectivity index (χ4n) is 2.66. The van der Waals surface area contributed by atoms with Crippen molar-refractivity contribution in [2.24, 2.45) is 11.8 Å². The molecule has 158 valence electrons. The van der Waals surface area contributed by atoms with E-state index in [1.165, 1.54) is 32.1 Å². The summed E-state index contributed by atoms with van der Waals surface area (Å²) in [4.78, 5) is 24.1. The summed E-state index contributed by atoms with van der Waals surface area (Å²) in [6, 6.07) is -0.644. The van der Waals surface area contributed by atoms with Crippen LogP contribution in [0.15, 0.2) is 12.7 Å². The van der Waals surface area contributed by atoms with Crippen molar-refractivity contribution in [2.75, 3.05) is 13.2 Å². The summed E-state index contributed by atoms with van der Waals surface area (Å²) in [7, 11) is 0. The van der Waals surface area contributed by atoms with Gasteiger partial charge in [0, 0.05) is 0 Å². The molecule has 0 unspecified atom stereocenters. The summed E-state index contributed by atoms with van der Waals surface area (Å²) in [6.07, 6.45) is 11.1. The molecule has 0 aliphatic rings. The first-order valence-electron chi connectivity index (χ1n) is 10.6. The zero-order chi connectivity index (χ0) is 20.5. The van der Waals surface area contributed by atoms with Gasteiger partial charge in [0.1, 0.15) is 6.04 Å². The highest BCUT2D eigenvalue weighted by Gasteiger charge is 2.24. The third-order valence-corrected chi connectivity index (χ3v) is 4.13. The maximum atomic E-state index is 12.3. The fourth-order valence-corrected chi connectivity index (χ4v) is 2.66. The Morgan fingerprint density at radius 2 is 1.48 bits per heavy atom. The van der Waals surface area contributed by atoms with Crippen molar-refractivity contribution in [3.8, 4) is 0 Å². The number of unbranched alkanes of at least 4 members (excludes halogenated alkanes) is 7. The van der Waals surface area contributed by atoms with Gasteiger partial charge >= 0.3 is 12.1 Å². The summed E-state index contributed by atoms with van der Waals surface area (Å²) in [5, 5.41) is 2.65. The number of hydrogen-bond donors (Lipinski definition) is 1. The molecule has 1 atom stereocenters. The van der Waals surface area contributed by atoms with Crippen molar-refractivity contribution in [1.29, 1.82) is 0 Å². The van der Waals surface area contributed by atoms with Gasteiger partial charge in [0.05, 0.1) is 13.2 Å². The molecule has 1 amide bonds. The van der Waals surface area contributed by atoms with E-state index in [-0.39, 0.29) is 17.8 Å². The van der Waals surface area contributed by atoms with Crippen LogP contribution < -0.4 is 5.32 Å². The number of amides is 1. The van der Waals surface area contributed by atoms with Crippen LogP contribution >= 0.6 is 0 Å². The molecule has 0 aromatic rings. The SMILES string of the molecule is C=CCCCCCCCCCOC(=O)[C@H](CC(C)C)NC(=O)OCC(C)C. The van der Waals surface area contributed by atoms with Crippen molar-refractivity contribution in [3.05, 3.63) is 12.7 Å². The Kier molecular flexibility index (Phi) is 15.7. The van der Waals surface area contributed by atoms with Gasteiger partial charge in [-0.05, 0) is 37.5 Å². The zero-order valence-corrected chi connectivity index (χ0v) is 17.9. The van der Waals surface area contributed by atoms with E-state index in [0.29, 0.717) is 19.6 Å². The van der Waals surface area contributed by atoms with E-state index in [9.17, 15) is 9.59 Å². The van der Waals surface area contributed by atoms with Crippen LogP contribution in [0.3, 0.4) is 0 Å². The quantitative estimate of drug-likeness (QED) is 0.213. The van der Waals surface area contributed by atoms with Crippen LogP contribution in [0.4, 0.5) is 4.79 Å². The van der Waals surface area contributed by atoms with Crippen molar-refractivity contribution >= 4 is 12.1 Å². The van der Waals surface area contributed by atoms with Gasteiger partial charge in [0.25, 0.3) is 0 Å². The van der Waals surface area contributed by atoms with Gasteiger partial charge in [0.2, 0.25) is 0 Å². The highest BCUT2D eigenvalue weighted by atomic mass is 16.6. The molecule has 0 aliphatic heterocycles. The standard InChI is InChI=1S/C22H41NO4/c1-6-7-8-9-10-11-12-13-14-15-26-21(24)20(16-18(2)3)23-22(25)27-17-19(4)5/h6,18-20H,1,7-17H2,2-5H3,(H,23,25)/t20-/m0/s1. The second kappa shape index (κ2) is 16.6. The number of rotatable bonds is 16. The zero-order valence-electron chi connectivity index (χ0n) is 17.9. The third kappa shape index (κ3) is 16.4. The molecule has 0 aliphatic carbocycles. The summed E-state index contributed by atoms with van der Waals surface area (Å²) < 4.78 is 10.5. The van der Waals surface area contributed by atoms with E-state index in [0.717, 1.165) is 19.3 Å². The van der Waals surface area contributed by atoms with E-state index in [2.05, 4.69) is 11.9 Å². The molecule has 0 aromatic heterocycles. The highest BCUT2D eigenvalue weighted by Crippen LogP contribution is 2.10. The lowest BCUT2D eigenvalue weighted by Crippen LogP contribution is -2.43. The molecule has 0 aromatic carbocycles. The topological polar surface area (TPSA) is 64.6 Å². The average Bonchev–Trinajstić information content (AvgIpc) is 2.60. The lowest BCUT2D eigenvalue weighted by Gasteiger charge is -2.19. The fraction of sp³-hybridized carbons (Fsp3) is 0.818. The molecule has 5 heteroatoms. The largest absolute Gasteiger partial charge is 0.464 e. The lowest BCUT2D eigenvalue weighted by molar-refractivity contribution is -0.146. The number of carbonyl (C=O) groups excluding carboxylic acids is 2. The van der Waals surface area contributed by atoms with Crippen LogP contribution in [0.2, 0.25) is 0 Å². The number of allylic oxidation sites excluding steroid dienone is 1. The van der Waals surface area contributed by atoms with Crippen molar-refractivity contribution in [3.63, 3.8) is 0 Å². The van der Waals surface area contributed by atoms with Crippen LogP contribution in [0, 0.1) is 11.8 Å². The van der Waals surface area contributed by atoms with Crippen molar-refractivity contribution in [2.45, 2.75) is 91.5 Å². The van der Waals surface area contributed by atoms with Crippen LogP contribution in [-0.2, 0) is 14.3 Å². The average molecular weight is 384 g/mol. The number of hydrogen-bond acceptors (Lipinski definition) is 4. The molecule has 1 N–H and O–H groups in total. The Hall–Kier alpha value is -1.52. The minimum atomic E-state index is -0.644. The Bertz CT molecular complexity index is 407. The molecule has 0 heterocycles. The highest BCUT2D eigenvalue weighted by molar-refractivity contribution is 5.81. The number of nitrogens with one attached hydrogen (secondary N) is 1.